The molecule has 0 saturated carbocycles. The molecule has 0 saturated heterocycles. The molecule has 0 bridgehead atoms. The molecule has 67 heavy (non-hydrogen) atoms. The van der Waals surface area contributed by atoms with Gasteiger partial charge >= 0.3 is 0 Å². The van der Waals surface area contributed by atoms with E-state index in [0.717, 1.165) is 117 Å². The summed E-state index contributed by atoms with van der Waals surface area (Å²) < 4.78 is 0. The molecule has 5 heteroatoms. The molecular weight excluding hydrogens is 997 g/mol. The smallest absolute Gasteiger partial charge is 0.159 e. The Labute approximate surface area is 405 Å². The molecule has 8 aromatic carbocycles. The molecule has 2 heterocycles. The van der Waals surface area contributed by atoms with E-state index in [1.807, 2.05) is 6.07 Å². The minimum absolute atomic E-state index is 0. The Kier molecular flexibility index (Phi) is 13.0. The van der Waals surface area contributed by atoms with Gasteiger partial charge in [0.1, 0.15) is 0 Å². The Bertz CT molecular complexity index is 3290. The summed E-state index contributed by atoms with van der Waals surface area (Å²) in [7, 11) is 0. The average Bonchev–Trinajstić information content (AvgIpc) is 3.35. The number of hydrogen-bond acceptors (Lipinski definition) is 4. The van der Waals surface area contributed by atoms with Gasteiger partial charge in [0.25, 0.3) is 0 Å². The summed E-state index contributed by atoms with van der Waals surface area (Å²) in [6, 6.07) is 73.1. The van der Waals surface area contributed by atoms with Crippen molar-refractivity contribution >= 4 is 27.3 Å². The van der Waals surface area contributed by atoms with Crippen molar-refractivity contribution in [1.29, 1.82) is 0 Å². The van der Waals surface area contributed by atoms with Gasteiger partial charge in [-0.3, -0.25) is 4.79 Å². The number of aryl methyl sites for hydroxylation is 3. The predicted octanol–water partition coefficient (Wildman–Crippen LogP) is 15.6. The summed E-state index contributed by atoms with van der Waals surface area (Å²) >= 11 is 0. The van der Waals surface area contributed by atoms with Crippen LogP contribution in [0, 0.1) is 26.0 Å². The van der Waals surface area contributed by atoms with Gasteiger partial charge in [-0.1, -0.05) is 156 Å². The summed E-state index contributed by atoms with van der Waals surface area (Å²) in [5.41, 5.74) is 17.4. The molecule has 0 aliphatic rings. The molecule has 0 amide bonds. The number of nitrogens with zero attached hydrogens (tertiary/aromatic N) is 2. The monoisotopic (exact) mass is 1040 g/mol. The summed E-state index contributed by atoms with van der Waals surface area (Å²) in [6.45, 7) is 5.65. The number of pyridine rings is 2. The Morgan fingerprint density at radius 1 is 0.507 bits per heavy atom. The maximum absolute atomic E-state index is 12.8. The summed E-state index contributed by atoms with van der Waals surface area (Å²) in [6.07, 6.45) is 2.13. The van der Waals surface area contributed by atoms with Crippen LogP contribution in [0.4, 0.5) is 0 Å². The van der Waals surface area contributed by atoms with Gasteiger partial charge in [-0.05, 0) is 106 Å². The number of rotatable bonds is 11. The molecule has 4 nitrogen and oxygen atoms in total. The number of aliphatic hydroxyl groups is 1. The molecule has 10 aromatic rings. The number of carbonyl (C=O) groups excluding carboxylic acids is 1. The Balaban J connectivity index is 0.00000562. The number of aromatic nitrogens is 2. The molecule has 10 rings (SSSR count). The second-order valence-electron chi connectivity index (χ2n) is 16.9. The van der Waals surface area contributed by atoms with Gasteiger partial charge in [-0.25, -0.2) is 0 Å². The van der Waals surface area contributed by atoms with Crippen molar-refractivity contribution in [3.63, 3.8) is 0 Å². The minimum atomic E-state index is -0.106. The number of fused-ring (bicyclic) bond motifs is 2. The van der Waals surface area contributed by atoms with Gasteiger partial charge in [0.05, 0.1) is 5.76 Å². The second kappa shape index (κ2) is 19.5. The van der Waals surface area contributed by atoms with Gasteiger partial charge in [-0.2, -0.15) is 0 Å². The van der Waals surface area contributed by atoms with Crippen molar-refractivity contribution in [2.75, 3.05) is 0 Å². The van der Waals surface area contributed by atoms with E-state index in [4.69, 9.17) is 9.97 Å². The van der Waals surface area contributed by atoms with Crippen LogP contribution < -0.4 is 0 Å². The largest absolute Gasteiger partial charge is 0.512 e. The standard InChI is InChI=1S/C62H46N2O2.Ir/c1-40(65)34-53(66)33-32-43-14-4-9-19-56(43)50-35-51(59-22-12-10-20-57(59)44-24-28-46(29-25-44)61-38-48-15-5-7-17-54(48)41(2)63-61)37-52(36-50)60-23-13-11-21-58(60)45-26-30-47(31-27-45)62-39-49-16-6-8-18-55(49)42(3)64-62;/h4-28,30,34-39,65H,32-33H2,1-3H3;/q-2;/b40-34-;. The molecular formula is C62H46IrN2O2-2. The number of benzene rings is 8. The van der Waals surface area contributed by atoms with E-state index in [9.17, 15) is 9.90 Å². The summed E-state index contributed by atoms with van der Waals surface area (Å²) in [5, 5.41) is 14.4. The van der Waals surface area contributed by atoms with Gasteiger partial charge in [0.2, 0.25) is 0 Å². The van der Waals surface area contributed by atoms with Crippen LogP contribution >= 0.6 is 0 Å². The molecule has 0 atom stereocenters. The van der Waals surface area contributed by atoms with Crippen LogP contribution in [0.15, 0.2) is 200 Å². The molecule has 0 aliphatic heterocycles. The van der Waals surface area contributed by atoms with E-state index >= 15 is 0 Å². The van der Waals surface area contributed by atoms with Crippen LogP contribution in [0.5, 0.6) is 0 Å². The molecule has 327 valence electrons. The van der Waals surface area contributed by atoms with Gasteiger partial charge in [0, 0.05) is 54.8 Å². The number of ketones is 1. The Hall–Kier alpha value is -7.56. The first-order valence-corrected chi connectivity index (χ1v) is 22.4. The van der Waals surface area contributed by atoms with E-state index in [1.165, 1.54) is 13.0 Å². The van der Waals surface area contributed by atoms with Crippen molar-refractivity contribution in [1.82, 2.24) is 9.97 Å². The number of carbonyl (C=O) groups is 1. The third kappa shape index (κ3) is 9.44. The number of aliphatic hydroxyl groups excluding tert-OH is 1. The Morgan fingerprint density at radius 2 is 0.910 bits per heavy atom. The Morgan fingerprint density at radius 3 is 1.36 bits per heavy atom. The van der Waals surface area contributed by atoms with Crippen LogP contribution in [-0.2, 0) is 31.3 Å². The fourth-order valence-corrected chi connectivity index (χ4v) is 9.18. The third-order valence-electron chi connectivity index (χ3n) is 12.4. The van der Waals surface area contributed by atoms with Gasteiger partial charge in [-0.15, -0.1) is 59.7 Å². The molecule has 1 radical (unpaired) electrons. The number of hydrogen-bond donors (Lipinski definition) is 1. The van der Waals surface area contributed by atoms with Gasteiger partial charge in [0.15, 0.2) is 5.78 Å². The molecule has 0 unspecified atom stereocenters. The fraction of sp³-hybridized carbons (Fsp3) is 0.0806. The maximum Gasteiger partial charge on any atom is 0.159 e. The summed E-state index contributed by atoms with van der Waals surface area (Å²) in [5.74, 6) is -0.0888. The van der Waals surface area contributed by atoms with Crippen LogP contribution in [0.3, 0.4) is 0 Å². The van der Waals surface area contributed by atoms with E-state index in [0.29, 0.717) is 6.42 Å². The molecule has 0 spiro atoms. The minimum Gasteiger partial charge on any atom is -0.512 e. The second-order valence-corrected chi connectivity index (χ2v) is 16.9. The topological polar surface area (TPSA) is 63.1 Å². The van der Waals surface area contributed by atoms with Crippen molar-refractivity contribution in [3.05, 3.63) is 229 Å². The van der Waals surface area contributed by atoms with Crippen molar-refractivity contribution in [3.8, 4) is 78.1 Å². The van der Waals surface area contributed by atoms with E-state index in [-0.39, 0.29) is 38.1 Å². The van der Waals surface area contributed by atoms with Crippen LogP contribution in [0.25, 0.3) is 99.7 Å². The molecule has 2 aromatic heterocycles. The van der Waals surface area contributed by atoms with E-state index < -0.39 is 0 Å². The zero-order valence-electron chi connectivity index (χ0n) is 37.5. The number of allylic oxidation sites excluding steroid dienone is 2. The first kappa shape index (κ1) is 44.6. The maximum atomic E-state index is 12.8. The van der Waals surface area contributed by atoms with Crippen molar-refractivity contribution < 1.29 is 30.0 Å². The molecule has 0 aliphatic carbocycles. The van der Waals surface area contributed by atoms with Crippen LogP contribution in [0.2, 0.25) is 0 Å². The van der Waals surface area contributed by atoms with Crippen LogP contribution in [-0.4, -0.2) is 20.9 Å². The normalized spacial score (nSPS) is 11.4. The quantitative estimate of drug-likeness (QED) is 0.0796. The molecule has 1 N–H and O–H groups in total. The van der Waals surface area contributed by atoms with Gasteiger partial charge < -0.3 is 15.1 Å². The first-order chi connectivity index (χ1) is 32.3. The molecule has 0 fully saturated rings. The zero-order chi connectivity index (χ0) is 45.1. The first-order valence-electron chi connectivity index (χ1n) is 22.4. The zero-order valence-corrected chi connectivity index (χ0v) is 39.9. The van der Waals surface area contributed by atoms with E-state index in [2.05, 4.69) is 208 Å². The predicted molar refractivity (Wildman–Crippen MR) is 272 cm³/mol. The van der Waals surface area contributed by atoms with Crippen molar-refractivity contribution in [2.45, 2.75) is 33.6 Å². The third-order valence-corrected chi connectivity index (χ3v) is 12.4. The van der Waals surface area contributed by atoms with Crippen molar-refractivity contribution in [2.24, 2.45) is 0 Å². The fourth-order valence-electron chi connectivity index (χ4n) is 9.18. The summed E-state index contributed by atoms with van der Waals surface area (Å²) in [4.78, 5) is 22.7. The average molecular weight is 1040 g/mol. The SMILES string of the molecule is C/C(O)=C/C(=O)CCc1ccccc1-c1cc(-c2ccccc2-c2c[c-]c(-c3cc4ccccc4c(C)n3)cc2)cc(-c2ccccc2-c2c[c-]c(-c3cc4ccccc4c(C)n3)cc2)c1.[Ir]. The van der Waals surface area contributed by atoms with Crippen LogP contribution in [0.1, 0.15) is 30.3 Å². The van der Waals surface area contributed by atoms with E-state index in [1.54, 1.807) is 0 Å².